The van der Waals surface area contributed by atoms with E-state index in [9.17, 15) is 0 Å². The van der Waals surface area contributed by atoms with Crippen LogP contribution in [0.5, 0.6) is 5.75 Å². The molecule has 0 fully saturated rings. The molecule has 1 nitrogen and oxygen atoms in total. The van der Waals surface area contributed by atoms with E-state index in [1.54, 1.807) is 0 Å². The summed E-state index contributed by atoms with van der Waals surface area (Å²) >= 11 is 0. The normalized spacial score (nSPS) is 11.3. The molecule has 0 bridgehead atoms. The Hall–Kier alpha value is -2.54. The van der Waals surface area contributed by atoms with Crippen LogP contribution in [0.1, 0.15) is 31.9 Å². The van der Waals surface area contributed by atoms with Gasteiger partial charge in [0, 0.05) is 5.56 Å². The molecule has 3 rings (SSSR count). The Morgan fingerprint density at radius 3 is 2.21 bits per heavy atom. The summed E-state index contributed by atoms with van der Waals surface area (Å²) in [5.74, 6) is 0.924. The first kappa shape index (κ1) is 16.3. The lowest BCUT2D eigenvalue weighted by molar-refractivity contribution is 0.307. The topological polar surface area (TPSA) is 9.23 Å². The molecule has 0 radical (unpaired) electrons. The van der Waals surface area contributed by atoms with Gasteiger partial charge in [0.2, 0.25) is 0 Å². The number of para-hydroxylation sites is 1. The Kier molecular flexibility index (Phi) is 4.71. The van der Waals surface area contributed by atoms with E-state index in [2.05, 4.69) is 69.3 Å². The van der Waals surface area contributed by atoms with E-state index in [1.807, 2.05) is 30.3 Å². The van der Waals surface area contributed by atoms with Crippen LogP contribution >= 0.6 is 0 Å². The Morgan fingerprint density at radius 2 is 1.46 bits per heavy atom. The molecule has 0 saturated heterocycles. The van der Waals surface area contributed by atoms with Crippen molar-refractivity contribution in [2.75, 3.05) is 0 Å². The van der Waals surface area contributed by atoms with E-state index < -0.39 is 0 Å². The van der Waals surface area contributed by atoms with Crippen LogP contribution in [0.2, 0.25) is 0 Å². The standard InChI is InChI=1S/C23H24O/c1-23(2,3)20-13-9-12-19(16-20)21-14-7-8-15-22(21)24-17-18-10-5-4-6-11-18/h4-16H,17H2,1-3H3. The van der Waals surface area contributed by atoms with Gasteiger partial charge in [0.25, 0.3) is 0 Å². The number of hydrogen-bond donors (Lipinski definition) is 0. The average molecular weight is 316 g/mol. The average Bonchev–Trinajstić information content (AvgIpc) is 2.60. The molecule has 0 amide bonds. The lowest BCUT2D eigenvalue weighted by Gasteiger charge is -2.20. The zero-order valence-electron chi connectivity index (χ0n) is 14.6. The fraction of sp³-hybridized carbons (Fsp3) is 0.217. The van der Waals surface area contributed by atoms with Gasteiger partial charge >= 0.3 is 0 Å². The maximum absolute atomic E-state index is 6.10. The van der Waals surface area contributed by atoms with Crippen molar-refractivity contribution < 1.29 is 4.74 Å². The molecule has 0 aliphatic heterocycles. The first-order valence-corrected chi connectivity index (χ1v) is 8.41. The van der Waals surface area contributed by atoms with Crippen LogP contribution in [-0.2, 0) is 12.0 Å². The highest BCUT2D eigenvalue weighted by molar-refractivity contribution is 5.71. The molecule has 0 saturated carbocycles. The van der Waals surface area contributed by atoms with Gasteiger partial charge in [-0.2, -0.15) is 0 Å². The smallest absolute Gasteiger partial charge is 0.127 e. The van der Waals surface area contributed by atoms with Crippen molar-refractivity contribution in [3.63, 3.8) is 0 Å². The van der Waals surface area contributed by atoms with Crippen LogP contribution in [0.3, 0.4) is 0 Å². The molecule has 24 heavy (non-hydrogen) atoms. The maximum Gasteiger partial charge on any atom is 0.127 e. The van der Waals surface area contributed by atoms with Crippen molar-refractivity contribution in [3.05, 3.63) is 90.0 Å². The molecule has 0 aliphatic carbocycles. The summed E-state index contributed by atoms with van der Waals surface area (Å²) in [6.07, 6.45) is 0. The Balaban J connectivity index is 1.89. The summed E-state index contributed by atoms with van der Waals surface area (Å²) in [5, 5.41) is 0. The van der Waals surface area contributed by atoms with Gasteiger partial charge in [0.1, 0.15) is 12.4 Å². The molecule has 1 heteroatoms. The molecule has 0 spiro atoms. The predicted molar refractivity (Wildman–Crippen MR) is 101 cm³/mol. The zero-order valence-corrected chi connectivity index (χ0v) is 14.6. The summed E-state index contributed by atoms with van der Waals surface area (Å²) in [5.41, 5.74) is 4.98. The first-order valence-electron chi connectivity index (χ1n) is 8.41. The predicted octanol–water partition coefficient (Wildman–Crippen LogP) is 6.23. The van der Waals surface area contributed by atoms with E-state index in [0.717, 1.165) is 11.3 Å². The SMILES string of the molecule is CC(C)(C)c1cccc(-c2ccccc2OCc2ccccc2)c1. The van der Waals surface area contributed by atoms with Gasteiger partial charge in [-0.15, -0.1) is 0 Å². The van der Waals surface area contributed by atoms with Gasteiger partial charge in [-0.25, -0.2) is 0 Å². The van der Waals surface area contributed by atoms with Crippen LogP contribution < -0.4 is 4.74 Å². The van der Waals surface area contributed by atoms with Crippen molar-refractivity contribution in [3.8, 4) is 16.9 Å². The molecule has 0 aliphatic rings. The summed E-state index contributed by atoms with van der Waals surface area (Å²) in [6, 6.07) is 27.3. The third kappa shape index (κ3) is 3.86. The fourth-order valence-electron chi connectivity index (χ4n) is 2.72. The van der Waals surface area contributed by atoms with E-state index in [1.165, 1.54) is 16.7 Å². The molecule has 3 aromatic carbocycles. The van der Waals surface area contributed by atoms with Gasteiger partial charge in [0.15, 0.2) is 0 Å². The van der Waals surface area contributed by atoms with Gasteiger partial charge in [-0.1, -0.05) is 93.6 Å². The van der Waals surface area contributed by atoms with Crippen molar-refractivity contribution >= 4 is 0 Å². The largest absolute Gasteiger partial charge is 0.488 e. The van der Waals surface area contributed by atoms with Crippen molar-refractivity contribution in [1.82, 2.24) is 0 Å². The number of rotatable bonds is 4. The molecular formula is C23H24O. The number of ether oxygens (including phenoxy) is 1. The van der Waals surface area contributed by atoms with E-state index >= 15 is 0 Å². The van der Waals surface area contributed by atoms with Gasteiger partial charge < -0.3 is 4.74 Å². The Labute approximate surface area is 144 Å². The number of hydrogen-bond acceptors (Lipinski definition) is 1. The highest BCUT2D eigenvalue weighted by Gasteiger charge is 2.15. The van der Waals surface area contributed by atoms with Gasteiger partial charge in [-0.05, 0) is 28.2 Å². The molecular weight excluding hydrogens is 292 g/mol. The minimum absolute atomic E-state index is 0.135. The summed E-state index contributed by atoms with van der Waals surface area (Å²) in [4.78, 5) is 0. The molecule has 0 aromatic heterocycles. The summed E-state index contributed by atoms with van der Waals surface area (Å²) in [6.45, 7) is 7.30. The molecule has 122 valence electrons. The quantitative estimate of drug-likeness (QED) is 0.554. The van der Waals surface area contributed by atoms with E-state index in [-0.39, 0.29) is 5.41 Å². The van der Waals surface area contributed by atoms with Crippen LogP contribution in [0.15, 0.2) is 78.9 Å². The second-order valence-electron chi connectivity index (χ2n) is 7.10. The second-order valence-corrected chi connectivity index (χ2v) is 7.10. The van der Waals surface area contributed by atoms with Gasteiger partial charge in [0.05, 0.1) is 0 Å². The first-order chi connectivity index (χ1) is 11.5. The lowest BCUT2D eigenvalue weighted by atomic mass is 9.85. The third-order valence-electron chi connectivity index (χ3n) is 4.16. The minimum Gasteiger partial charge on any atom is -0.488 e. The molecule has 3 aromatic rings. The summed E-state index contributed by atoms with van der Waals surface area (Å²) in [7, 11) is 0. The van der Waals surface area contributed by atoms with Gasteiger partial charge in [-0.3, -0.25) is 0 Å². The van der Waals surface area contributed by atoms with Crippen LogP contribution in [0.4, 0.5) is 0 Å². The third-order valence-corrected chi connectivity index (χ3v) is 4.16. The highest BCUT2D eigenvalue weighted by atomic mass is 16.5. The molecule has 0 heterocycles. The molecule has 0 N–H and O–H groups in total. The van der Waals surface area contributed by atoms with Crippen molar-refractivity contribution in [2.45, 2.75) is 32.8 Å². The lowest BCUT2D eigenvalue weighted by Crippen LogP contribution is -2.10. The minimum atomic E-state index is 0.135. The zero-order chi connectivity index (χ0) is 17.0. The van der Waals surface area contributed by atoms with Crippen LogP contribution in [0, 0.1) is 0 Å². The Morgan fingerprint density at radius 1 is 0.750 bits per heavy atom. The Bertz CT molecular complexity index is 798. The highest BCUT2D eigenvalue weighted by Crippen LogP contribution is 2.33. The monoisotopic (exact) mass is 316 g/mol. The van der Waals surface area contributed by atoms with Crippen molar-refractivity contribution in [1.29, 1.82) is 0 Å². The molecule has 0 unspecified atom stereocenters. The van der Waals surface area contributed by atoms with Crippen LogP contribution in [0.25, 0.3) is 11.1 Å². The van der Waals surface area contributed by atoms with Crippen LogP contribution in [-0.4, -0.2) is 0 Å². The van der Waals surface area contributed by atoms with E-state index in [0.29, 0.717) is 6.61 Å². The summed E-state index contributed by atoms with van der Waals surface area (Å²) < 4.78 is 6.10. The maximum atomic E-state index is 6.10. The second kappa shape index (κ2) is 6.92. The van der Waals surface area contributed by atoms with Crippen molar-refractivity contribution in [2.24, 2.45) is 0 Å². The fourth-order valence-corrected chi connectivity index (χ4v) is 2.72. The molecule has 0 atom stereocenters. The van der Waals surface area contributed by atoms with E-state index in [4.69, 9.17) is 4.74 Å². The number of benzene rings is 3.